The lowest BCUT2D eigenvalue weighted by Gasteiger charge is -2.36. The van der Waals surface area contributed by atoms with Gasteiger partial charge in [-0.3, -0.25) is 4.79 Å². The van der Waals surface area contributed by atoms with Gasteiger partial charge in [0.05, 0.1) is 12.6 Å². The Morgan fingerprint density at radius 1 is 1.50 bits per heavy atom. The average molecular weight is 259 g/mol. The van der Waals surface area contributed by atoms with Crippen molar-refractivity contribution in [3.05, 3.63) is 0 Å². The lowest BCUT2D eigenvalue weighted by Crippen LogP contribution is -2.44. The number of thiocarbonyl (C=S) groups is 1. The van der Waals surface area contributed by atoms with Crippen LogP contribution >= 0.6 is 12.2 Å². The normalized spacial score (nSPS) is 22.4. The summed E-state index contributed by atoms with van der Waals surface area (Å²) in [5.74, 6) is 0.0406. The summed E-state index contributed by atoms with van der Waals surface area (Å²) in [5.41, 5.74) is 0. The number of hydrogen-bond acceptors (Lipinski definition) is 3. The minimum absolute atomic E-state index is 0.0406. The second-order valence-electron chi connectivity index (χ2n) is 5.87. The van der Waals surface area contributed by atoms with Crippen LogP contribution in [0.2, 0.25) is 18.1 Å². The van der Waals surface area contributed by atoms with E-state index in [-0.39, 0.29) is 16.9 Å². The molecule has 0 spiro atoms. The fourth-order valence-corrected chi connectivity index (χ4v) is 2.56. The fourth-order valence-electron chi connectivity index (χ4n) is 1.26. The molecule has 0 amide bonds. The van der Waals surface area contributed by atoms with Crippen LogP contribution in [-0.2, 0) is 9.22 Å². The van der Waals surface area contributed by atoms with E-state index in [0.717, 1.165) is 0 Å². The highest BCUT2D eigenvalue weighted by Gasteiger charge is 2.38. The van der Waals surface area contributed by atoms with Gasteiger partial charge in [0.2, 0.25) is 0 Å². The molecule has 0 saturated carbocycles. The molecule has 0 bridgehead atoms. The van der Waals surface area contributed by atoms with Crippen LogP contribution in [0.15, 0.2) is 0 Å². The van der Waals surface area contributed by atoms with Crippen LogP contribution in [0.4, 0.5) is 0 Å². The summed E-state index contributed by atoms with van der Waals surface area (Å²) >= 11 is 4.89. The van der Waals surface area contributed by atoms with Gasteiger partial charge in [-0.25, -0.2) is 0 Å². The number of Topliss-reactive ketones (excluding diaryl/α,β-unsaturated/α-hetero) is 1. The Kier molecular flexibility index (Phi) is 3.92. The van der Waals surface area contributed by atoms with E-state index in [0.29, 0.717) is 18.0 Å². The molecule has 1 aliphatic rings. The zero-order valence-corrected chi connectivity index (χ0v) is 12.5. The first-order chi connectivity index (χ1) is 7.13. The molecule has 3 nitrogen and oxygen atoms in total. The molecule has 0 aliphatic carbocycles. The lowest BCUT2D eigenvalue weighted by atomic mass is 10.2. The number of carbonyl (C=O) groups excluding carboxylic acids is 1. The van der Waals surface area contributed by atoms with E-state index in [4.69, 9.17) is 16.6 Å². The molecule has 0 unspecified atom stereocenters. The highest BCUT2D eigenvalue weighted by Crippen LogP contribution is 2.36. The van der Waals surface area contributed by atoms with Crippen molar-refractivity contribution in [2.45, 2.75) is 51.4 Å². The summed E-state index contributed by atoms with van der Waals surface area (Å²) in [6, 6.07) is 0.0779. The van der Waals surface area contributed by atoms with E-state index in [1.165, 1.54) is 0 Å². The van der Waals surface area contributed by atoms with Crippen molar-refractivity contribution in [2.75, 3.05) is 6.61 Å². The van der Waals surface area contributed by atoms with Gasteiger partial charge in [-0.05, 0) is 18.1 Å². The summed E-state index contributed by atoms with van der Waals surface area (Å²) in [4.78, 5) is 11.6. The van der Waals surface area contributed by atoms with Gasteiger partial charge < -0.3 is 9.74 Å². The summed E-state index contributed by atoms with van der Waals surface area (Å²) in [6.45, 7) is 11.6. The van der Waals surface area contributed by atoms with Gasteiger partial charge in [-0.1, -0.05) is 33.0 Å². The molecule has 1 aliphatic heterocycles. The predicted molar refractivity (Wildman–Crippen MR) is 72.3 cm³/mol. The summed E-state index contributed by atoms with van der Waals surface area (Å²) < 4.78 is 6.04. The molecule has 0 aromatic carbocycles. The number of nitrogens with one attached hydrogen (secondary N) is 1. The monoisotopic (exact) mass is 259 g/mol. The van der Waals surface area contributed by atoms with Crippen LogP contribution in [0.3, 0.4) is 0 Å². The Balaban J connectivity index is 2.47. The summed E-state index contributed by atoms with van der Waals surface area (Å²) in [5, 5.41) is 3.21. The van der Waals surface area contributed by atoms with Crippen LogP contribution in [-0.4, -0.2) is 31.7 Å². The van der Waals surface area contributed by atoms with Gasteiger partial charge >= 0.3 is 0 Å². The van der Waals surface area contributed by atoms with Gasteiger partial charge in [0.25, 0.3) is 0 Å². The van der Waals surface area contributed by atoms with Crippen LogP contribution in [0.5, 0.6) is 0 Å². The minimum atomic E-state index is -1.71. The van der Waals surface area contributed by atoms with Crippen LogP contribution in [0, 0.1) is 0 Å². The third-order valence-electron chi connectivity index (χ3n) is 3.47. The van der Waals surface area contributed by atoms with E-state index >= 15 is 0 Å². The van der Waals surface area contributed by atoms with Crippen molar-refractivity contribution in [3.8, 4) is 0 Å². The Bertz CT molecular complexity index is 294. The van der Waals surface area contributed by atoms with E-state index in [1.54, 1.807) is 0 Å². The molecule has 1 heterocycles. The first-order valence-electron chi connectivity index (χ1n) is 5.61. The maximum absolute atomic E-state index is 11.3. The number of hydrogen-bond donors (Lipinski definition) is 1. The number of rotatable bonds is 3. The van der Waals surface area contributed by atoms with Gasteiger partial charge in [-0.15, -0.1) is 0 Å². The van der Waals surface area contributed by atoms with Crippen molar-refractivity contribution in [3.63, 3.8) is 0 Å². The second kappa shape index (κ2) is 4.54. The molecular formula is C11H21NO2SSi. The van der Waals surface area contributed by atoms with E-state index in [2.05, 4.69) is 39.2 Å². The first-order valence-corrected chi connectivity index (χ1v) is 8.93. The Labute approximate surface area is 104 Å². The van der Waals surface area contributed by atoms with Gasteiger partial charge in [0.15, 0.2) is 14.1 Å². The molecule has 1 fully saturated rings. The highest BCUT2D eigenvalue weighted by atomic mass is 32.1. The number of carbonyl (C=O) groups is 1. The summed E-state index contributed by atoms with van der Waals surface area (Å²) in [6.07, 6.45) is 0.480. The number of ketones is 1. The molecule has 1 saturated heterocycles. The quantitative estimate of drug-likeness (QED) is 0.623. The average Bonchev–Trinajstić information content (AvgIpc) is 2.41. The Hall–Kier alpha value is -0.263. The topological polar surface area (TPSA) is 38.3 Å². The van der Waals surface area contributed by atoms with Crippen LogP contribution < -0.4 is 5.32 Å². The molecule has 1 N–H and O–H groups in total. The van der Waals surface area contributed by atoms with Gasteiger partial charge in [0.1, 0.15) is 4.99 Å². The molecule has 5 heteroatoms. The summed E-state index contributed by atoms with van der Waals surface area (Å²) in [7, 11) is -1.71. The van der Waals surface area contributed by atoms with Crippen LogP contribution in [0.1, 0.15) is 27.2 Å². The largest absolute Gasteiger partial charge is 0.415 e. The predicted octanol–water partition coefficient (Wildman–Crippen LogP) is 2.27. The standard InChI is InChI=1S/C11H21NO2SSi/c1-11(2,3)16(4,5)14-7-8-6-9(13)10(15)12-8/h8H,6-7H2,1-5H3,(H,12,15)/t8-/m1/s1. The van der Waals surface area contributed by atoms with E-state index in [1.807, 2.05) is 0 Å². The van der Waals surface area contributed by atoms with Crippen molar-refractivity contribution < 1.29 is 9.22 Å². The Morgan fingerprint density at radius 3 is 2.44 bits per heavy atom. The van der Waals surface area contributed by atoms with Gasteiger partial charge in [0, 0.05) is 6.42 Å². The molecular weight excluding hydrogens is 238 g/mol. The van der Waals surface area contributed by atoms with Crippen molar-refractivity contribution in [1.29, 1.82) is 0 Å². The molecule has 92 valence electrons. The maximum Gasteiger partial charge on any atom is 0.192 e. The third-order valence-corrected chi connectivity index (χ3v) is 8.32. The lowest BCUT2D eigenvalue weighted by molar-refractivity contribution is -0.112. The molecule has 0 aromatic heterocycles. The molecule has 0 radical (unpaired) electrons. The first kappa shape index (κ1) is 13.8. The highest BCUT2D eigenvalue weighted by molar-refractivity contribution is 7.82. The smallest absolute Gasteiger partial charge is 0.192 e. The third kappa shape index (κ3) is 3.12. The zero-order chi connectivity index (χ0) is 12.6. The molecule has 16 heavy (non-hydrogen) atoms. The Morgan fingerprint density at radius 2 is 2.06 bits per heavy atom. The SMILES string of the molecule is CC(C)(C)[Si](C)(C)OC[C@H]1CC(=O)C(=S)N1. The second-order valence-corrected chi connectivity index (χ2v) is 11.1. The molecule has 1 rings (SSSR count). The zero-order valence-electron chi connectivity index (χ0n) is 10.7. The van der Waals surface area contributed by atoms with E-state index in [9.17, 15) is 4.79 Å². The van der Waals surface area contributed by atoms with Gasteiger partial charge in [-0.2, -0.15) is 0 Å². The van der Waals surface area contributed by atoms with E-state index < -0.39 is 8.32 Å². The van der Waals surface area contributed by atoms with Crippen LogP contribution in [0.25, 0.3) is 0 Å². The fraction of sp³-hybridized carbons (Fsp3) is 0.818. The maximum atomic E-state index is 11.3. The van der Waals surface area contributed by atoms with Crippen molar-refractivity contribution >= 4 is 31.3 Å². The molecule has 0 aromatic rings. The van der Waals surface area contributed by atoms with Crippen molar-refractivity contribution in [1.82, 2.24) is 5.32 Å². The van der Waals surface area contributed by atoms with Crippen molar-refractivity contribution in [2.24, 2.45) is 0 Å². The molecule has 1 atom stereocenters. The minimum Gasteiger partial charge on any atom is -0.415 e.